The van der Waals surface area contributed by atoms with Gasteiger partial charge in [0.1, 0.15) is 11.6 Å². The molecule has 2 atom stereocenters. The summed E-state index contributed by atoms with van der Waals surface area (Å²) in [6.07, 6.45) is 9.26. The fourth-order valence-electron chi connectivity index (χ4n) is 2.99. The van der Waals surface area contributed by atoms with Crippen molar-refractivity contribution in [2.75, 3.05) is 0 Å². The minimum absolute atomic E-state index is 0.167. The molecule has 0 spiro atoms. The maximum atomic E-state index is 13.2. The van der Waals surface area contributed by atoms with Crippen LogP contribution in [0, 0.1) is 31.1 Å². The Balaban J connectivity index is -0.000000210. The van der Waals surface area contributed by atoms with Crippen LogP contribution < -0.4 is 0 Å². The zero-order chi connectivity index (χ0) is 32.6. The van der Waals surface area contributed by atoms with Crippen LogP contribution in [0.1, 0.15) is 134 Å². The van der Waals surface area contributed by atoms with Crippen molar-refractivity contribution < 1.29 is 9.18 Å². The fraction of sp³-hybridized carbons (Fsp3) is 0.622. The maximum Gasteiger partial charge on any atom is 0.126 e. The van der Waals surface area contributed by atoms with Gasteiger partial charge in [-0.05, 0) is 101 Å². The molecule has 0 saturated heterocycles. The number of aromatic nitrogens is 1. The van der Waals surface area contributed by atoms with Gasteiger partial charge in [-0.15, -0.1) is 0 Å². The average Bonchev–Trinajstić information content (AvgIpc) is 2.81. The molecule has 0 bridgehead atoms. The molecule has 1 heterocycles. The van der Waals surface area contributed by atoms with E-state index in [-0.39, 0.29) is 11.6 Å². The van der Waals surface area contributed by atoms with E-state index in [1.54, 1.807) is 6.92 Å². The number of carbonyl (C=O) groups excluding carboxylic acids is 1. The van der Waals surface area contributed by atoms with Crippen LogP contribution in [0.3, 0.4) is 0 Å². The van der Waals surface area contributed by atoms with Crippen LogP contribution in [0.2, 0.25) is 0 Å². The molecule has 2 unspecified atom stereocenters. The van der Waals surface area contributed by atoms with Crippen molar-refractivity contribution in [2.24, 2.45) is 17.3 Å². The highest BCUT2D eigenvalue weighted by Crippen LogP contribution is 2.28. The highest BCUT2D eigenvalue weighted by molar-refractivity contribution is 5.72. The second-order valence-corrected chi connectivity index (χ2v) is 12.6. The summed E-state index contributed by atoms with van der Waals surface area (Å²) in [5, 5.41) is 0. The summed E-state index contributed by atoms with van der Waals surface area (Å²) in [4.78, 5) is 13.5. The molecule has 2 nitrogen and oxygen atoms in total. The van der Waals surface area contributed by atoms with Gasteiger partial charge in [0, 0.05) is 11.9 Å². The van der Waals surface area contributed by atoms with Crippen LogP contribution in [0.25, 0.3) is 0 Å². The molecule has 1 aromatic heterocycles. The van der Waals surface area contributed by atoms with Crippen LogP contribution in [-0.2, 0) is 4.79 Å². The second-order valence-electron chi connectivity index (χ2n) is 12.6. The van der Waals surface area contributed by atoms with Gasteiger partial charge < -0.3 is 4.79 Å². The van der Waals surface area contributed by atoms with Gasteiger partial charge in [0.25, 0.3) is 0 Å². The molecule has 3 heteroatoms. The SMILES string of the molecule is C=C(C)C(/C=C(/F)C(=C)C)=C(C)C.CC.CC(C)(C)C.CC(C)=O.CC1CCCCC1C.Cc1ccc(C)nc1. The molecule has 1 aliphatic rings. The largest absolute Gasteiger partial charge is 0.300 e. The maximum absolute atomic E-state index is 13.2. The lowest BCUT2D eigenvalue weighted by atomic mass is 9.82. The Kier molecular flexibility index (Phi) is 28.7. The van der Waals surface area contributed by atoms with E-state index in [0.717, 1.165) is 34.2 Å². The predicted octanol–water partition coefficient (Wildman–Crippen LogP) is 12.5. The molecule has 0 N–H and O–H groups in total. The summed E-state index contributed by atoms with van der Waals surface area (Å²) in [7, 11) is 0. The topological polar surface area (TPSA) is 30.0 Å². The van der Waals surface area contributed by atoms with E-state index >= 15 is 0 Å². The van der Waals surface area contributed by atoms with Gasteiger partial charge in [0.15, 0.2) is 0 Å². The highest BCUT2D eigenvalue weighted by Gasteiger charge is 2.15. The molecule has 1 aromatic rings. The Morgan fingerprint density at radius 1 is 0.875 bits per heavy atom. The van der Waals surface area contributed by atoms with Gasteiger partial charge >= 0.3 is 0 Å². The minimum Gasteiger partial charge on any atom is -0.300 e. The molecular weight excluding hydrogens is 493 g/mol. The Bertz CT molecular complexity index is 837. The van der Waals surface area contributed by atoms with Gasteiger partial charge in [-0.3, -0.25) is 4.98 Å². The average molecular weight is 560 g/mol. The van der Waals surface area contributed by atoms with E-state index in [0.29, 0.717) is 11.0 Å². The molecule has 1 aliphatic carbocycles. The number of hydrogen-bond donors (Lipinski definition) is 0. The molecule has 0 aromatic carbocycles. The van der Waals surface area contributed by atoms with Gasteiger partial charge in [-0.2, -0.15) is 0 Å². The number of aryl methyl sites for hydroxylation is 2. The summed E-state index contributed by atoms with van der Waals surface area (Å²) >= 11 is 0. The van der Waals surface area contributed by atoms with Crippen molar-refractivity contribution in [3.05, 3.63) is 76.9 Å². The zero-order valence-corrected chi connectivity index (χ0v) is 29.4. The molecule has 0 radical (unpaired) electrons. The summed E-state index contributed by atoms with van der Waals surface area (Å²) < 4.78 is 13.2. The quantitative estimate of drug-likeness (QED) is 0.345. The molecule has 1 saturated carbocycles. The van der Waals surface area contributed by atoms with Crippen LogP contribution in [0.4, 0.5) is 4.39 Å². The first-order chi connectivity index (χ1) is 18.2. The standard InChI is InChI=1S/C12H17F.C8H16.C7H9N.C5H12.C3H6O.C2H6/c1-8(2)11(9(3)4)7-12(13)10(5)6;1-7-5-3-4-6-8(7)2;1-6-3-4-7(2)8-5-6;1-5(2,3)4;1-3(2)4;1-2/h7H,1,5H2,2-4,6H3;7-8H,3-6H2,1-2H3;3-5H,1-2H3;1-4H3;1-2H3;1-2H3/b12-7+;;;;;. The van der Waals surface area contributed by atoms with Crippen LogP contribution in [0.15, 0.2) is 65.7 Å². The van der Waals surface area contributed by atoms with E-state index in [1.807, 2.05) is 60.7 Å². The van der Waals surface area contributed by atoms with Gasteiger partial charge in [-0.1, -0.05) is 111 Å². The summed E-state index contributed by atoms with van der Waals surface area (Å²) in [5.74, 6) is 1.90. The van der Waals surface area contributed by atoms with E-state index < -0.39 is 0 Å². The monoisotopic (exact) mass is 560 g/mol. The van der Waals surface area contributed by atoms with Crippen LogP contribution >= 0.6 is 0 Å². The molecule has 0 aliphatic heterocycles. The Morgan fingerprint density at radius 2 is 1.25 bits per heavy atom. The molecule has 232 valence electrons. The van der Waals surface area contributed by atoms with Crippen molar-refractivity contribution in [2.45, 2.75) is 136 Å². The third-order valence-corrected chi connectivity index (χ3v) is 5.28. The summed E-state index contributed by atoms with van der Waals surface area (Å²) in [5.41, 5.74) is 6.03. The first kappa shape index (κ1) is 44.7. The number of hydrogen-bond acceptors (Lipinski definition) is 2. The van der Waals surface area contributed by atoms with E-state index in [2.05, 4.69) is 65.8 Å². The molecule has 2 rings (SSSR count). The van der Waals surface area contributed by atoms with E-state index in [9.17, 15) is 9.18 Å². The fourth-order valence-corrected chi connectivity index (χ4v) is 2.99. The zero-order valence-electron chi connectivity index (χ0n) is 29.4. The van der Waals surface area contributed by atoms with Gasteiger partial charge in [0.05, 0.1) is 0 Å². The lowest BCUT2D eigenvalue weighted by Crippen LogP contribution is -2.12. The molecule has 1 fully saturated rings. The van der Waals surface area contributed by atoms with E-state index in [1.165, 1.54) is 51.2 Å². The van der Waals surface area contributed by atoms with Gasteiger partial charge in [0.2, 0.25) is 0 Å². The number of Topliss-reactive ketones (excluding diaryl/α,β-unsaturated/α-hetero) is 1. The Hall–Kier alpha value is -2.29. The third-order valence-electron chi connectivity index (χ3n) is 5.28. The number of allylic oxidation sites excluding steroid dienone is 6. The number of nitrogens with zero attached hydrogens (tertiary/aromatic N) is 1. The Morgan fingerprint density at radius 3 is 1.45 bits per heavy atom. The van der Waals surface area contributed by atoms with Crippen molar-refractivity contribution >= 4 is 5.78 Å². The molecular formula is C37H66FNO. The minimum atomic E-state index is -0.279. The van der Waals surface area contributed by atoms with Crippen molar-refractivity contribution in [1.29, 1.82) is 0 Å². The smallest absolute Gasteiger partial charge is 0.126 e. The molecule has 40 heavy (non-hydrogen) atoms. The third kappa shape index (κ3) is 35.7. The number of rotatable bonds is 3. The molecule has 0 amide bonds. The number of ketones is 1. The van der Waals surface area contributed by atoms with Crippen LogP contribution in [0.5, 0.6) is 0 Å². The second kappa shape index (κ2) is 25.7. The number of pyridine rings is 1. The number of carbonyl (C=O) groups is 1. The lowest BCUT2D eigenvalue weighted by molar-refractivity contribution is -0.115. The van der Waals surface area contributed by atoms with Crippen molar-refractivity contribution in [3.63, 3.8) is 0 Å². The highest BCUT2D eigenvalue weighted by atomic mass is 19.1. The normalized spacial score (nSPS) is 15.7. The number of halogens is 1. The lowest BCUT2D eigenvalue weighted by Gasteiger charge is -2.24. The summed E-state index contributed by atoms with van der Waals surface area (Å²) in [6, 6.07) is 4.07. The summed E-state index contributed by atoms with van der Waals surface area (Å²) in [6.45, 7) is 39.3. The first-order valence-corrected chi connectivity index (χ1v) is 14.9. The van der Waals surface area contributed by atoms with Crippen molar-refractivity contribution in [1.82, 2.24) is 4.98 Å². The van der Waals surface area contributed by atoms with Gasteiger partial charge in [-0.25, -0.2) is 4.39 Å². The van der Waals surface area contributed by atoms with Crippen molar-refractivity contribution in [3.8, 4) is 0 Å². The predicted molar refractivity (Wildman–Crippen MR) is 181 cm³/mol. The van der Waals surface area contributed by atoms with Crippen LogP contribution in [-0.4, -0.2) is 10.8 Å². The Labute approximate surface area is 250 Å². The first-order valence-electron chi connectivity index (χ1n) is 14.9. The van der Waals surface area contributed by atoms with E-state index in [4.69, 9.17) is 0 Å².